The van der Waals surface area contributed by atoms with E-state index in [0.717, 1.165) is 0 Å². The molecule has 0 saturated heterocycles. The Morgan fingerprint density at radius 2 is 2.23 bits per heavy atom. The molecule has 1 unspecified atom stereocenters. The van der Waals surface area contributed by atoms with E-state index in [2.05, 4.69) is 6.58 Å². The van der Waals surface area contributed by atoms with E-state index in [1.165, 1.54) is 4.90 Å². The molecule has 3 N–H and O–H groups in total. The van der Waals surface area contributed by atoms with Crippen LogP contribution < -0.4 is 0 Å². The topological polar surface area (TPSA) is 81.0 Å². The monoisotopic (exact) mass is 189 g/mol. The van der Waals surface area contributed by atoms with Gasteiger partial charge in [0.25, 0.3) is 0 Å². The first kappa shape index (κ1) is 12.1. The molecule has 76 valence electrons. The lowest BCUT2D eigenvalue weighted by Gasteiger charge is -2.20. The summed E-state index contributed by atoms with van der Waals surface area (Å²) in [6.45, 7) is 3.44. The number of aliphatic carboxylic acids is 1. The summed E-state index contributed by atoms with van der Waals surface area (Å²) in [6.07, 6.45) is 0.645. The molecule has 0 fully saturated rings. The van der Waals surface area contributed by atoms with Crippen LogP contribution in [0.3, 0.4) is 0 Å². The summed E-state index contributed by atoms with van der Waals surface area (Å²) in [5, 5.41) is 26.1. The second kappa shape index (κ2) is 6.59. The molecule has 0 rings (SSSR count). The number of rotatable bonds is 7. The van der Waals surface area contributed by atoms with Gasteiger partial charge in [-0.3, -0.25) is 9.69 Å². The van der Waals surface area contributed by atoms with Crippen LogP contribution in [-0.4, -0.2) is 58.5 Å². The van der Waals surface area contributed by atoms with E-state index in [1.54, 1.807) is 6.08 Å². The minimum absolute atomic E-state index is 0.134. The molecule has 5 nitrogen and oxygen atoms in total. The number of hydrogen-bond acceptors (Lipinski definition) is 4. The van der Waals surface area contributed by atoms with Crippen LogP contribution in [0.25, 0.3) is 0 Å². The third kappa shape index (κ3) is 6.27. The minimum atomic E-state index is -0.966. The lowest BCUT2D eigenvalue weighted by atomic mass is 10.3. The van der Waals surface area contributed by atoms with Gasteiger partial charge in [-0.15, -0.1) is 6.58 Å². The van der Waals surface area contributed by atoms with Gasteiger partial charge in [0, 0.05) is 13.1 Å². The van der Waals surface area contributed by atoms with Gasteiger partial charge in [0.1, 0.15) is 0 Å². The Morgan fingerprint density at radius 3 is 2.62 bits per heavy atom. The Bertz CT molecular complexity index is 172. The van der Waals surface area contributed by atoms with E-state index in [1.807, 2.05) is 0 Å². The predicted molar refractivity (Wildman–Crippen MR) is 47.4 cm³/mol. The molecule has 0 aromatic heterocycles. The molecule has 5 heteroatoms. The van der Waals surface area contributed by atoms with Gasteiger partial charge in [-0.05, 0) is 0 Å². The van der Waals surface area contributed by atoms with Crippen LogP contribution in [0, 0.1) is 0 Å². The van der Waals surface area contributed by atoms with Crippen molar-refractivity contribution >= 4 is 5.97 Å². The average Bonchev–Trinajstić information content (AvgIpc) is 2.03. The number of carboxylic acids is 1. The molecule has 0 bridgehead atoms. The van der Waals surface area contributed by atoms with Crippen molar-refractivity contribution in [3.63, 3.8) is 0 Å². The molecule has 0 spiro atoms. The van der Waals surface area contributed by atoms with Crippen molar-refractivity contribution in [3.8, 4) is 0 Å². The highest BCUT2D eigenvalue weighted by Crippen LogP contribution is 1.92. The van der Waals surface area contributed by atoms with Crippen molar-refractivity contribution in [2.45, 2.75) is 6.10 Å². The summed E-state index contributed by atoms with van der Waals surface area (Å²) in [7, 11) is 0. The molecule has 0 aliphatic heterocycles. The molecule has 0 aliphatic rings. The van der Waals surface area contributed by atoms with E-state index >= 15 is 0 Å². The van der Waals surface area contributed by atoms with E-state index in [9.17, 15) is 4.79 Å². The minimum Gasteiger partial charge on any atom is -0.480 e. The summed E-state index contributed by atoms with van der Waals surface area (Å²) in [6, 6.07) is 0. The smallest absolute Gasteiger partial charge is 0.317 e. The average molecular weight is 189 g/mol. The Kier molecular flexibility index (Phi) is 6.13. The van der Waals surface area contributed by atoms with Crippen LogP contribution in [0.2, 0.25) is 0 Å². The number of nitrogens with zero attached hydrogens (tertiary/aromatic N) is 1. The highest BCUT2D eigenvalue weighted by Gasteiger charge is 2.12. The summed E-state index contributed by atoms with van der Waals surface area (Å²) >= 11 is 0. The molecule has 0 amide bonds. The quantitative estimate of drug-likeness (QED) is 0.443. The maximum Gasteiger partial charge on any atom is 0.317 e. The molecule has 0 aromatic carbocycles. The normalized spacial score (nSPS) is 12.8. The molecular weight excluding hydrogens is 174 g/mol. The van der Waals surface area contributed by atoms with Crippen LogP contribution in [-0.2, 0) is 4.79 Å². The van der Waals surface area contributed by atoms with Crippen molar-refractivity contribution in [1.82, 2.24) is 4.90 Å². The molecule has 13 heavy (non-hydrogen) atoms. The van der Waals surface area contributed by atoms with Crippen LogP contribution in [0.1, 0.15) is 0 Å². The fraction of sp³-hybridized carbons (Fsp3) is 0.625. The summed E-state index contributed by atoms with van der Waals surface area (Å²) < 4.78 is 0. The number of aliphatic hydroxyl groups excluding tert-OH is 2. The second-order valence-corrected chi connectivity index (χ2v) is 2.71. The Hall–Kier alpha value is -0.910. The summed E-state index contributed by atoms with van der Waals surface area (Å²) in [5.74, 6) is -0.966. The highest BCUT2D eigenvalue weighted by atomic mass is 16.4. The molecule has 0 heterocycles. The zero-order valence-corrected chi connectivity index (χ0v) is 7.39. The van der Waals surface area contributed by atoms with Crippen LogP contribution in [0.4, 0.5) is 0 Å². The lowest BCUT2D eigenvalue weighted by molar-refractivity contribution is -0.138. The van der Waals surface area contributed by atoms with E-state index in [4.69, 9.17) is 15.3 Å². The summed E-state index contributed by atoms with van der Waals surface area (Å²) in [4.78, 5) is 11.8. The van der Waals surface area contributed by atoms with Crippen LogP contribution >= 0.6 is 0 Å². The molecule has 0 radical (unpaired) electrons. The first-order chi connectivity index (χ1) is 6.10. The van der Waals surface area contributed by atoms with Crippen molar-refractivity contribution in [1.29, 1.82) is 0 Å². The first-order valence-corrected chi connectivity index (χ1v) is 3.94. The van der Waals surface area contributed by atoms with E-state index < -0.39 is 12.1 Å². The van der Waals surface area contributed by atoms with Gasteiger partial charge in [-0.25, -0.2) is 0 Å². The zero-order chi connectivity index (χ0) is 10.3. The standard InChI is InChI=1S/C8H15NO4/c1-2-3-9(5-8(12)13)4-7(11)6-10/h2,7,10-11H,1,3-6H2,(H,12,13). The van der Waals surface area contributed by atoms with Crippen LogP contribution in [0.15, 0.2) is 12.7 Å². The first-order valence-electron chi connectivity index (χ1n) is 3.94. The molecular formula is C8H15NO4. The van der Waals surface area contributed by atoms with Crippen molar-refractivity contribution < 1.29 is 20.1 Å². The van der Waals surface area contributed by atoms with Crippen LogP contribution in [0.5, 0.6) is 0 Å². The van der Waals surface area contributed by atoms with Gasteiger partial charge in [0.05, 0.1) is 19.3 Å². The molecule has 1 atom stereocenters. The highest BCUT2D eigenvalue weighted by molar-refractivity contribution is 5.69. The number of hydrogen-bond donors (Lipinski definition) is 3. The zero-order valence-electron chi connectivity index (χ0n) is 7.39. The van der Waals surface area contributed by atoms with Gasteiger partial charge < -0.3 is 15.3 Å². The maximum absolute atomic E-state index is 10.3. The van der Waals surface area contributed by atoms with Crippen molar-refractivity contribution in [3.05, 3.63) is 12.7 Å². The number of aliphatic hydroxyl groups is 2. The van der Waals surface area contributed by atoms with Gasteiger partial charge in [-0.1, -0.05) is 6.08 Å². The molecule has 0 aliphatic carbocycles. The third-order valence-electron chi connectivity index (χ3n) is 1.43. The second-order valence-electron chi connectivity index (χ2n) is 2.71. The predicted octanol–water partition coefficient (Wildman–Crippen LogP) is -1.09. The fourth-order valence-electron chi connectivity index (χ4n) is 0.933. The fourth-order valence-corrected chi connectivity index (χ4v) is 0.933. The molecule has 0 saturated carbocycles. The Morgan fingerprint density at radius 1 is 1.62 bits per heavy atom. The largest absolute Gasteiger partial charge is 0.480 e. The Labute approximate surface area is 76.9 Å². The Balaban J connectivity index is 3.92. The van der Waals surface area contributed by atoms with Gasteiger partial charge in [0.15, 0.2) is 0 Å². The third-order valence-corrected chi connectivity index (χ3v) is 1.43. The van der Waals surface area contributed by atoms with Gasteiger partial charge >= 0.3 is 5.97 Å². The molecule has 0 aromatic rings. The summed E-state index contributed by atoms with van der Waals surface area (Å²) in [5.41, 5.74) is 0. The number of carboxylic acid groups (broad SMARTS) is 1. The van der Waals surface area contributed by atoms with Crippen molar-refractivity contribution in [2.75, 3.05) is 26.2 Å². The van der Waals surface area contributed by atoms with E-state index in [-0.39, 0.29) is 19.7 Å². The SMILES string of the molecule is C=CCN(CC(=O)O)CC(O)CO. The van der Waals surface area contributed by atoms with Gasteiger partial charge in [0.2, 0.25) is 0 Å². The van der Waals surface area contributed by atoms with E-state index in [0.29, 0.717) is 6.54 Å². The van der Waals surface area contributed by atoms with Crippen molar-refractivity contribution in [2.24, 2.45) is 0 Å². The number of carbonyl (C=O) groups is 1. The lowest BCUT2D eigenvalue weighted by Crippen LogP contribution is -2.37. The maximum atomic E-state index is 10.3. The van der Waals surface area contributed by atoms with Gasteiger partial charge in [-0.2, -0.15) is 0 Å².